The molecule has 0 saturated heterocycles. The molecule has 0 aliphatic rings. The first-order valence-corrected chi connectivity index (χ1v) is 4.65. The largest absolute Gasteiger partial charge is 0.411 e. The van der Waals surface area contributed by atoms with Crippen LogP contribution < -0.4 is 0 Å². The van der Waals surface area contributed by atoms with Gasteiger partial charge in [0.05, 0.1) is 12.1 Å². The Hall–Kier alpha value is -2.10. The summed E-state index contributed by atoms with van der Waals surface area (Å²) in [5.74, 6) is 0.784. The minimum Gasteiger partial charge on any atom is -0.411 e. The molecule has 0 radical (unpaired) electrons. The molecule has 2 aromatic rings. The predicted molar refractivity (Wildman–Crippen MR) is 57.1 cm³/mol. The highest BCUT2D eigenvalue weighted by Crippen LogP contribution is 2.05. The summed E-state index contributed by atoms with van der Waals surface area (Å²) in [5.41, 5.74) is 1.50. The van der Waals surface area contributed by atoms with Gasteiger partial charge in [0.2, 0.25) is 0 Å². The maximum atomic E-state index is 8.92. The first-order valence-electron chi connectivity index (χ1n) is 4.65. The Bertz CT molecular complexity index is 434. The molecule has 0 saturated carbocycles. The molecule has 1 heterocycles. The van der Waals surface area contributed by atoms with E-state index in [1.54, 1.807) is 12.4 Å². The Morgan fingerprint density at radius 3 is 2.73 bits per heavy atom. The number of benzene rings is 1. The number of hydrogen-bond acceptors (Lipinski definition) is 3. The average molecular weight is 201 g/mol. The average Bonchev–Trinajstić information content (AvgIpc) is 2.80. The summed E-state index contributed by atoms with van der Waals surface area (Å²) in [4.78, 5) is 7.05. The molecule has 1 aromatic carbocycles. The standard InChI is InChI=1S/C11H11N3O/c15-14-10(8-11-12-6-7-13-11)9-4-2-1-3-5-9/h1-7,15H,8H2,(H,12,13)/b14-10+. The van der Waals surface area contributed by atoms with Gasteiger partial charge in [-0.25, -0.2) is 4.98 Å². The van der Waals surface area contributed by atoms with Crippen LogP contribution in [0.2, 0.25) is 0 Å². The van der Waals surface area contributed by atoms with Crippen LogP contribution in [0.4, 0.5) is 0 Å². The second-order valence-corrected chi connectivity index (χ2v) is 3.13. The third kappa shape index (κ3) is 2.22. The molecule has 1 aromatic heterocycles. The van der Waals surface area contributed by atoms with E-state index in [9.17, 15) is 0 Å². The van der Waals surface area contributed by atoms with E-state index in [1.807, 2.05) is 30.3 Å². The van der Waals surface area contributed by atoms with Gasteiger partial charge in [-0.1, -0.05) is 35.5 Å². The van der Waals surface area contributed by atoms with Crippen molar-refractivity contribution in [3.63, 3.8) is 0 Å². The number of H-pyrrole nitrogens is 1. The lowest BCUT2D eigenvalue weighted by Crippen LogP contribution is -2.06. The Morgan fingerprint density at radius 2 is 2.13 bits per heavy atom. The van der Waals surface area contributed by atoms with Crippen LogP contribution in [0.3, 0.4) is 0 Å². The lowest BCUT2D eigenvalue weighted by molar-refractivity contribution is 0.318. The fraction of sp³-hybridized carbons (Fsp3) is 0.0909. The van der Waals surface area contributed by atoms with E-state index in [4.69, 9.17) is 5.21 Å². The molecule has 4 heteroatoms. The molecular formula is C11H11N3O. The third-order valence-corrected chi connectivity index (χ3v) is 2.12. The maximum absolute atomic E-state index is 8.92. The van der Waals surface area contributed by atoms with Crippen LogP contribution in [0.1, 0.15) is 11.4 Å². The van der Waals surface area contributed by atoms with E-state index in [-0.39, 0.29) is 0 Å². The summed E-state index contributed by atoms with van der Waals surface area (Å²) in [7, 11) is 0. The third-order valence-electron chi connectivity index (χ3n) is 2.12. The van der Waals surface area contributed by atoms with Gasteiger partial charge in [0.1, 0.15) is 5.82 Å². The molecular weight excluding hydrogens is 190 g/mol. The van der Waals surface area contributed by atoms with Gasteiger partial charge in [0.15, 0.2) is 0 Å². The minimum atomic E-state index is 0.494. The lowest BCUT2D eigenvalue weighted by Gasteiger charge is -2.01. The van der Waals surface area contributed by atoms with Crippen molar-refractivity contribution in [3.8, 4) is 0 Å². The molecule has 0 bridgehead atoms. The summed E-state index contributed by atoms with van der Waals surface area (Å²) < 4.78 is 0. The highest BCUT2D eigenvalue weighted by molar-refractivity contribution is 6.01. The number of hydrogen-bond donors (Lipinski definition) is 2. The number of aromatic nitrogens is 2. The Balaban J connectivity index is 2.20. The number of imidazole rings is 1. The minimum absolute atomic E-state index is 0.494. The van der Waals surface area contributed by atoms with E-state index in [1.165, 1.54) is 0 Å². The van der Waals surface area contributed by atoms with Crippen molar-refractivity contribution in [2.45, 2.75) is 6.42 Å². The summed E-state index contributed by atoms with van der Waals surface area (Å²) in [6, 6.07) is 9.53. The highest BCUT2D eigenvalue weighted by Gasteiger charge is 2.06. The molecule has 76 valence electrons. The number of aromatic amines is 1. The number of oxime groups is 1. The molecule has 0 atom stereocenters. The fourth-order valence-corrected chi connectivity index (χ4v) is 1.38. The van der Waals surface area contributed by atoms with E-state index in [0.29, 0.717) is 12.1 Å². The quantitative estimate of drug-likeness (QED) is 0.452. The number of nitrogens with one attached hydrogen (secondary N) is 1. The van der Waals surface area contributed by atoms with E-state index < -0.39 is 0 Å². The Kier molecular flexibility index (Phi) is 2.78. The molecule has 0 aliphatic carbocycles. The zero-order valence-electron chi connectivity index (χ0n) is 8.09. The Morgan fingerprint density at radius 1 is 1.33 bits per heavy atom. The molecule has 0 amide bonds. The first-order chi connectivity index (χ1) is 7.40. The summed E-state index contributed by atoms with van der Waals surface area (Å²) in [6.07, 6.45) is 3.91. The van der Waals surface area contributed by atoms with E-state index >= 15 is 0 Å². The molecule has 0 spiro atoms. The van der Waals surface area contributed by atoms with Crippen molar-refractivity contribution < 1.29 is 5.21 Å². The lowest BCUT2D eigenvalue weighted by atomic mass is 10.1. The van der Waals surface area contributed by atoms with Gasteiger partial charge >= 0.3 is 0 Å². The molecule has 4 nitrogen and oxygen atoms in total. The Labute approximate surface area is 87.3 Å². The van der Waals surface area contributed by atoms with Crippen LogP contribution in [0.25, 0.3) is 0 Å². The van der Waals surface area contributed by atoms with Gasteiger partial charge in [-0.05, 0) is 5.56 Å². The first kappa shape index (κ1) is 9.45. The van der Waals surface area contributed by atoms with Gasteiger partial charge in [-0.3, -0.25) is 0 Å². The van der Waals surface area contributed by atoms with Crippen LogP contribution in [-0.2, 0) is 6.42 Å². The predicted octanol–water partition coefficient (Wildman–Crippen LogP) is 1.83. The van der Waals surface area contributed by atoms with E-state index in [0.717, 1.165) is 11.4 Å². The van der Waals surface area contributed by atoms with Crippen molar-refractivity contribution in [3.05, 3.63) is 54.1 Å². The molecule has 0 aliphatic heterocycles. The second-order valence-electron chi connectivity index (χ2n) is 3.13. The normalized spacial score (nSPS) is 11.6. The van der Waals surface area contributed by atoms with Crippen LogP contribution in [0.15, 0.2) is 47.9 Å². The van der Waals surface area contributed by atoms with Crippen LogP contribution >= 0.6 is 0 Å². The van der Waals surface area contributed by atoms with Gasteiger partial charge in [-0.2, -0.15) is 0 Å². The van der Waals surface area contributed by atoms with Crippen molar-refractivity contribution in [2.75, 3.05) is 0 Å². The van der Waals surface area contributed by atoms with Crippen LogP contribution in [0, 0.1) is 0 Å². The molecule has 15 heavy (non-hydrogen) atoms. The van der Waals surface area contributed by atoms with Gasteiger partial charge in [0.25, 0.3) is 0 Å². The van der Waals surface area contributed by atoms with Crippen molar-refractivity contribution in [1.29, 1.82) is 0 Å². The van der Waals surface area contributed by atoms with Crippen molar-refractivity contribution >= 4 is 5.71 Å². The summed E-state index contributed by atoms with van der Waals surface area (Å²) in [5, 5.41) is 12.2. The maximum Gasteiger partial charge on any atom is 0.112 e. The van der Waals surface area contributed by atoms with Gasteiger partial charge in [-0.15, -0.1) is 0 Å². The second kappa shape index (κ2) is 4.41. The van der Waals surface area contributed by atoms with Gasteiger partial charge in [0, 0.05) is 12.4 Å². The summed E-state index contributed by atoms with van der Waals surface area (Å²) in [6.45, 7) is 0. The molecule has 2 rings (SSSR count). The fourth-order valence-electron chi connectivity index (χ4n) is 1.38. The van der Waals surface area contributed by atoms with Crippen LogP contribution in [-0.4, -0.2) is 20.9 Å². The summed E-state index contributed by atoms with van der Waals surface area (Å²) >= 11 is 0. The number of rotatable bonds is 3. The van der Waals surface area contributed by atoms with E-state index in [2.05, 4.69) is 15.1 Å². The SMILES string of the molecule is O/N=C(\Cc1ncc[nH]1)c1ccccc1. The van der Waals surface area contributed by atoms with Crippen molar-refractivity contribution in [1.82, 2.24) is 9.97 Å². The monoisotopic (exact) mass is 201 g/mol. The van der Waals surface area contributed by atoms with Crippen LogP contribution in [0.5, 0.6) is 0 Å². The van der Waals surface area contributed by atoms with Gasteiger partial charge < -0.3 is 10.2 Å². The zero-order chi connectivity index (χ0) is 10.5. The number of nitrogens with zero attached hydrogens (tertiary/aromatic N) is 2. The molecule has 0 fully saturated rings. The molecule has 2 N–H and O–H groups in total. The molecule has 0 unspecified atom stereocenters. The zero-order valence-corrected chi connectivity index (χ0v) is 8.09. The topological polar surface area (TPSA) is 61.3 Å². The smallest absolute Gasteiger partial charge is 0.112 e. The van der Waals surface area contributed by atoms with Crippen molar-refractivity contribution in [2.24, 2.45) is 5.16 Å². The highest BCUT2D eigenvalue weighted by atomic mass is 16.4.